The molecule has 0 atom stereocenters. The number of nitriles is 1. The molecule has 14 heavy (non-hydrogen) atoms. The zero-order valence-corrected chi connectivity index (χ0v) is 7.73. The fourth-order valence-electron chi connectivity index (χ4n) is 1.68. The molecule has 1 aliphatic heterocycles. The summed E-state index contributed by atoms with van der Waals surface area (Å²) in [4.78, 5) is 13.1. The minimum atomic E-state index is 0.248. The maximum absolute atomic E-state index is 11.1. The Morgan fingerprint density at radius 2 is 2.14 bits per heavy atom. The van der Waals surface area contributed by atoms with Gasteiger partial charge in [0.2, 0.25) is 0 Å². The van der Waals surface area contributed by atoms with Crippen LogP contribution in [0.25, 0.3) is 0 Å². The zero-order valence-electron chi connectivity index (χ0n) is 7.73. The molecule has 1 aromatic rings. The molecule has 0 spiro atoms. The van der Waals surface area contributed by atoms with Gasteiger partial charge in [0, 0.05) is 13.0 Å². The number of Topliss-reactive ketones (excluding diaryl/α,β-unsaturated/α-hetero) is 1. The molecule has 1 aromatic carbocycles. The van der Waals surface area contributed by atoms with Gasteiger partial charge in [-0.25, -0.2) is 0 Å². The number of hydrogen-bond donors (Lipinski definition) is 0. The van der Waals surface area contributed by atoms with Crippen molar-refractivity contribution in [1.82, 2.24) is 0 Å². The van der Waals surface area contributed by atoms with E-state index in [0.717, 1.165) is 12.2 Å². The second-order valence-corrected chi connectivity index (χ2v) is 3.34. The van der Waals surface area contributed by atoms with Gasteiger partial charge in [0.05, 0.1) is 17.8 Å². The van der Waals surface area contributed by atoms with Crippen molar-refractivity contribution in [3.05, 3.63) is 29.8 Å². The van der Waals surface area contributed by atoms with Gasteiger partial charge in [-0.3, -0.25) is 4.79 Å². The van der Waals surface area contributed by atoms with Gasteiger partial charge in [0.1, 0.15) is 6.07 Å². The molecule has 1 aliphatic rings. The van der Waals surface area contributed by atoms with E-state index in [-0.39, 0.29) is 5.78 Å². The number of benzene rings is 1. The van der Waals surface area contributed by atoms with Crippen LogP contribution < -0.4 is 4.90 Å². The number of anilines is 1. The summed E-state index contributed by atoms with van der Waals surface area (Å²) >= 11 is 0. The zero-order chi connectivity index (χ0) is 9.97. The van der Waals surface area contributed by atoms with Crippen LogP contribution in [0.15, 0.2) is 24.3 Å². The van der Waals surface area contributed by atoms with E-state index >= 15 is 0 Å². The molecule has 0 saturated carbocycles. The van der Waals surface area contributed by atoms with Crippen LogP contribution in [-0.2, 0) is 4.79 Å². The number of carbonyl (C=O) groups excluding carboxylic acids is 1. The van der Waals surface area contributed by atoms with Crippen molar-refractivity contribution in [2.45, 2.75) is 6.42 Å². The molecule has 70 valence electrons. The molecule has 1 heterocycles. The Morgan fingerprint density at radius 3 is 2.79 bits per heavy atom. The monoisotopic (exact) mass is 186 g/mol. The van der Waals surface area contributed by atoms with Crippen LogP contribution in [0.4, 0.5) is 5.69 Å². The molecule has 0 bridgehead atoms. The summed E-state index contributed by atoms with van der Waals surface area (Å²) in [5.74, 6) is 0.248. The van der Waals surface area contributed by atoms with Gasteiger partial charge in [-0.15, -0.1) is 0 Å². The smallest absolute Gasteiger partial charge is 0.153 e. The summed E-state index contributed by atoms with van der Waals surface area (Å²) in [6.45, 7) is 1.18. The molecule has 0 aliphatic carbocycles. The average molecular weight is 186 g/mol. The van der Waals surface area contributed by atoms with Gasteiger partial charge in [-0.05, 0) is 12.1 Å². The van der Waals surface area contributed by atoms with Gasteiger partial charge in [-0.2, -0.15) is 5.26 Å². The summed E-state index contributed by atoms with van der Waals surface area (Å²) in [5.41, 5.74) is 1.52. The molecule has 0 radical (unpaired) electrons. The highest BCUT2D eigenvalue weighted by atomic mass is 16.1. The normalized spacial score (nSPS) is 15.6. The first-order valence-electron chi connectivity index (χ1n) is 4.57. The third-order valence-electron chi connectivity index (χ3n) is 2.39. The minimum absolute atomic E-state index is 0.248. The van der Waals surface area contributed by atoms with Crippen molar-refractivity contribution >= 4 is 11.5 Å². The van der Waals surface area contributed by atoms with Gasteiger partial charge in [-0.1, -0.05) is 12.1 Å². The van der Waals surface area contributed by atoms with E-state index in [1.807, 2.05) is 23.1 Å². The molecule has 0 aromatic heterocycles. The number of nitrogens with zero attached hydrogens (tertiary/aromatic N) is 2. The summed E-state index contributed by atoms with van der Waals surface area (Å²) in [6, 6.07) is 9.52. The quantitative estimate of drug-likeness (QED) is 0.664. The van der Waals surface area contributed by atoms with E-state index in [1.165, 1.54) is 0 Å². The van der Waals surface area contributed by atoms with Crippen molar-refractivity contribution in [2.75, 3.05) is 18.0 Å². The van der Waals surface area contributed by atoms with Gasteiger partial charge < -0.3 is 4.90 Å². The number of ketones is 1. The lowest BCUT2D eigenvalue weighted by molar-refractivity contribution is -0.116. The van der Waals surface area contributed by atoms with E-state index in [2.05, 4.69) is 6.07 Å². The fourth-order valence-corrected chi connectivity index (χ4v) is 1.68. The van der Waals surface area contributed by atoms with Crippen molar-refractivity contribution in [3.63, 3.8) is 0 Å². The summed E-state index contributed by atoms with van der Waals surface area (Å²) in [7, 11) is 0. The van der Waals surface area contributed by atoms with Crippen molar-refractivity contribution < 1.29 is 4.79 Å². The van der Waals surface area contributed by atoms with E-state index in [4.69, 9.17) is 5.26 Å². The second kappa shape index (κ2) is 3.51. The van der Waals surface area contributed by atoms with Gasteiger partial charge in [0.15, 0.2) is 5.78 Å². The molecule has 3 nitrogen and oxygen atoms in total. The highest BCUT2D eigenvalue weighted by Crippen LogP contribution is 2.22. The molecule has 2 rings (SSSR count). The summed E-state index contributed by atoms with van der Waals surface area (Å²) < 4.78 is 0. The number of carbonyl (C=O) groups is 1. The van der Waals surface area contributed by atoms with Crippen LogP contribution >= 0.6 is 0 Å². The number of rotatable bonds is 1. The minimum Gasteiger partial charge on any atom is -0.363 e. The van der Waals surface area contributed by atoms with Crippen LogP contribution in [0.1, 0.15) is 12.0 Å². The Balaban J connectivity index is 2.33. The lowest BCUT2D eigenvalue weighted by atomic mass is 10.2. The Hall–Kier alpha value is -1.82. The molecule has 0 amide bonds. The number of hydrogen-bond acceptors (Lipinski definition) is 3. The van der Waals surface area contributed by atoms with E-state index in [1.54, 1.807) is 6.07 Å². The first-order chi connectivity index (χ1) is 6.81. The van der Waals surface area contributed by atoms with Crippen LogP contribution in [0.3, 0.4) is 0 Å². The maximum atomic E-state index is 11.1. The lowest BCUT2D eigenvalue weighted by Crippen LogP contribution is -2.20. The predicted octanol–water partition coefficient (Wildman–Crippen LogP) is 1.34. The van der Waals surface area contributed by atoms with Crippen molar-refractivity contribution in [2.24, 2.45) is 0 Å². The predicted molar refractivity (Wildman–Crippen MR) is 53.0 cm³/mol. The van der Waals surface area contributed by atoms with Crippen LogP contribution in [0.5, 0.6) is 0 Å². The number of para-hydroxylation sites is 1. The average Bonchev–Trinajstić information content (AvgIpc) is 2.65. The van der Waals surface area contributed by atoms with E-state index in [0.29, 0.717) is 18.5 Å². The Bertz CT molecular complexity index is 406. The maximum Gasteiger partial charge on any atom is 0.153 e. The Labute approximate surface area is 82.6 Å². The molecular formula is C11H10N2O. The van der Waals surface area contributed by atoms with E-state index < -0.39 is 0 Å². The topological polar surface area (TPSA) is 44.1 Å². The highest BCUT2D eigenvalue weighted by molar-refractivity contribution is 5.87. The van der Waals surface area contributed by atoms with Crippen molar-refractivity contribution in [1.29, 1.82) is 5.26 Å². The molecule has 1 saturated heterocycles. The largest absolute Gasteiger partial charge is 0.363 e. The van der Waals surface area contributed by atoms with Crippen LogP contribution in [0, 0.1) is 11.3 Å². The summed E-state index contributed by atoms with van der Waals surface area (Å²) in [5, 5.41) is 8.88. The first-order valence-corrected chi connectivity index (χ1v) is 4.57. The molecule has 1 fully saturated rings. The molecular weight excluding hydrogens is 176 g/mol. The van der Waals surface area contributed by atoms with Crippen LogP contribution in [-0.4, -0.2) is 18.9 Å². The molecule has 0 N–H and O–H groups in total. The van der Waals surface area contributed by atoms with Crippen molar-refractivity contribution in [3.8, 4) is 6.07 Å². The molecule has 3 heteroatoms. The third-order valence-corrected chi connectivity index (χ3v) is 2.39. The summed E-state index contributed by atoms with van der Waals surface area (Å²) in [6.07, 6.45) is 0.597. The fraction of sp³-hybridized carbons (Fsp3) is 0.273. The third kappa shape index (κ3) is 1.47. The SMILES string of the molecule is N#Cc1ccccc1N1CCC(=O)C1. The lowest BCUT2D eigenvalue weighted by Gasteiger charge is -2.17. The van der Waals surface area contributed by atoms with Gasteiger partial charge in [0.25, 0.3) is 0 Å². The van der Waals surface area contributed by atoms with E-state index in [9.17, 15) is 4.79 Å². The van der Waals surface area contributed by atoms with Crippen LogP contribution in [0.2, 0.25) is 0 Å². The Morgan fingerprint density at radius 1 is 1.36 bits per heavy atom. The van der Waals surface area contributed by atoms with Gasteiger partial charge >= 0.3 is 0 Å². The first kappa shape index (κ1) is 8.76. The highest BCUT2D eigenvalue weighted by Gasteiger charge is 2.21. The standard InChI is InChI=1S/C11H10N2O/c12-7-9-3-1-2-4-11(9)13-6-5-10(14)8-13/h1-4H,5-6,8H2. The second-order valence-electron chi connectivity index (χ2n) is 3.34. The Kier molecular flexibility index (Phi) is 2.19. The molecule has 0 unspecified atom stereocenters.